The van der Waals surface area contributed by atoms with Crippen molar-refractivity contribution in [3.63, 3.8) is 0 Å². The number of nitro benzene ring substituents is 1. The van der Waals surface area contributed by atoms with Gasteiger partial charge in [0.2, 0.25) is 5.89 Å². The lowest BCUT2D eigenvalue weighted by molar-refractivity contribution is -0.384. The van der Waals surface area contributed by atoms with Gasteiger partial charge in [-0.25, -0.2) is 4.98 Å². The summed E-state index contributed by atoms with van der Waals surface area (Å²) in [6.45, 7) is 4.05. The molecule has 2 heterocycles. The molecule has 1 fully saturated rings. The zero-order chi connectivity index (χ0) is 24.5. The Morgan fingerprint density at radius 2 is 1.91 bits per heavy atom. The molecule has 5 rings (SSSR count). The van der Waals surface area contributed by atoms with Crippen LogP contribution in [0.5, 0.6) is 0 Å². The number of aromatic nitrogens is 1. The second-order valence-electron chi connectivity index (χ2n) is 8.20. The summed E-state index contributed by atoms with van der Waals surface area (Å²) in [4.78, 5) is 30.6. The molecule has 35 heavy (non-hydrogen) atoms. The van der Waals surface area contributed by atoms with Gasteiger partial charge in [0.25, 0.3) is 11.6 Å². The van der Waals surface area contributed by atoms with Gasteiger partial charge in [-0.2, -0.15) is 0 Å². The molecule has 0 bridgehead atoms. The SMILES string of the molecule is Cc1ccc2nc(-c3ccc(Cl)c(NC(=O)c4ccc(N5CCOCC5)c([N+](=O)[O-])c4)c3)oc2c1. The minimum absolute atomic E-state index is 0.138. The van der Waals surface area contributed by atoms with Gasteiger partial charge in [-0.1, -0.05) is 17.7 Å². The number of ether oxygens (including phenoxy) is 1. The zero-order valence-electron chi connectivity index (χ0n) is 18.8. The van der Waals surface area contributed by atoms with Crippen LogP contribution in [0.3, 0.4) is 0 Å². The average molecular weight is 493 g/mol. The van der Waals surface area contributed by atoms with Gasteiger partial charge in [-0.15, -0.1) is 0 Å². The highest BCUT2D eigenvalue weighted by atomic mass is 35.5. The van der Waals surface area contributed by atoms with E-state index in [2.05, 4.69) is 10.3 Å². The number of morpholine rings is 1. The van der Waals surface area contributed by atoms with Crippen molar-refractivity contribution >= 4 is 45.7 Å². The topological polar surface area (TPSA) is 111 Å². The maximum atomic E-state index is 13.0. The lowest BCUT2D eigenvalue weighted by Gasteiger charge is -2.28. The van der Waals surface area contributed by atoms with Gasteiger partial charge >= 0.3 is 0 Å². The monoisotopic (exact) mass is 492 g/mol. The largest absolute Gasteiger partial charge is 0.436 e. The Balaban J connectivity index is 1.42. The van der Waals surface area contributed by atoms with Crippen molar-refractivity contribution in [3.8, 4) is 11.5 Å². The number of aryl methyl sites for hydroxylation is 1. The van der Waals surface area contributed by atoms with Crippen molar-refractivity contribution in [1.82, 2.24) is 4.98 Å². The molecule has 10 heteroatoms. The van der Waals surface area contributed by atoms with Gasteiger partial charge in [0.15, 0.2) is 5.58 Å². The van der Waals surface area contributed by atoms with Crippen LogP contribution in [0.2, 0.25) is 5.02 Å². The van der Waals surface area contributed by atoms with Crippen LogP contribution in [0, 0.1) is 17.0 Å². The van der Waals surface area contributed by atoms with Crippen LogP contribution in [0.4, 0.5) is 17.1 Å². The molecule has 1 aliphatic heterocycles. The van der Waals surface area contributed by atoms with Crippen LogP contribution in [0.1, 0.15) is 15.9 Å². The number of hydrogen-bond acceptors (Lipinski definition) is 7. The predicted octanol–water partition coefficient (Wildman–Crippen LogP) is 5.45. The summed E-state index contributed by atoms with van der Waals surface area (Å²) >= 11 is 6.33. The molecule has 1 aliphatic rings. The fourth-order valence-electron chi connectivity index (χ4n) is 3.99. The molecule has 1 amide bonds. The van der Waals surface area contributed by atoms with E-state index in [1.165, 1.54) is 6.07 Å². The number of nitrogens with one attached hydrogen (secondary N) is 1. The first kappa shape index (κ1) is 22.8. The smallest absolute Gasteiger partial charge is 0.293 e. The molecule has 0 atom stereocenters. The number of carbonyl (C=O) groups excluding carboxylic acids is 1. The summed E-state index contributed by atoms with van der Waals surface area (Å²) < 4.78 is 11.2. The van der Waals surface area contributed by atoms with E-state index in [-0.39, 0.29) is 11.3 Å². The number of benzene rings is 3. The van der Waals surface area contributed by atoms with Crippen molar-refractivity contribution in [2.45, 2.75) is 6.92 Å². The van der Waals surface area contributed by atoms with Gasteiger partial charge in [0.1, 0.15) is 11.2 Å². The highest BCUT2D eigenvalue weighted by Crippen LogP contribution is 2.33. The third-order valence-corrected chi connectivity index (χ3v) is 6.12. The molecule has 1 saturated heterocycles. The first-order valence-corrected chi connectivity index (χ1v) is 11.4. The van der Waals surface area contributed by atoms with Gasteiger partial charge in [-0.3, -0.25) is 14.9 Å². The van der Waals surface area contributed by atoms with Crippen LogP contribution in [-0.2, 0) is 4.74 Å². The highest BCUT2D eigenvalue weighted by molar-refractivity contribution is 6.34. The fourth-order valence-corrected chi connectivity index (χ4v) is 4.15. The van der Waals surface area contributed by atoms with E-state index in [9.17, 15) is 14.9 Å². The Morgan fingerprint density at radius 3 is 2.69 bits per heavy atom. The number of oxazole rings is 1. The summed E-state index contributed by atoms with van der Waals surface area (Å²) in [5.41, 5.74) is 3.87. The van der Waals surface area contributed by atoms with E-state index >= 15 is 0 Å². The first-order valence-electron chi connectivity index (χ1n) is 11.0. The number of carbonyl (C=O) groups is 1. The first-order chi connectivity index (χ1) is 16.9. The molecule has 1 N–H and O–H groups in total. The minimum Gasteiger partial charge on any atom is -0.436 e. The van der Waals surface area contributed by atoms with E-state index in [0.29, 0.717) is 59.7 Å². The Morgan fingerprint density at radius 1 is 1.11 bits per heavy atom. The number of hydrogen-bond donors (Lipinski definition) is 1. The number of rotatable bonds is 5. The summed E-state index contributed by atoms with van der Waals surface area (Å²) in [5.74, 6) is -0.128. The van der Waals surface area contributed by atoms with E-state index in [4.69, 9.17) is 20.8 Å². The lowest BCUT2D eigenvalue weighted by atomic mass is 10.1. The van der Waals surface area contributed by atoms with E-state index < -0.39 is 10.8 Å². The summed E-state index contributed by atoms with van der Waals surface area (Å²) in [7, 11) is 0. The average Bonchev–Trinajstić information content (AvgIpc) is 3.28. The molecule has 1 aromatic heterocycles. The number of anilines is 2. The van der Waals surface area contributed by atoms with E-state index in [1.807, 2.05) is 30.0 Å². The molecular weight excluding hydrogens is 472 g/mol. The second kappa shape index (κ2) is 9.36. The molecule has 178 valence electrons. The van der Waals surface area contributed by atoms with Gasteiger partial charge in [-0.05, 0) is 55.0 Å². The van der Waals surface area contributed by atoms with Crippen LogP contribution >= 0.6 is 11.6 Å². The van der Waals surface area contributed by atoms with E-state index in [0.717, 1.165) is 11.1 Å². The maximum Gasteiger partial charge on any atom is 0.293 e. The summed E-state index contributed by atoms with van der Waals surface area (Å²) in [6, 6.07) is 15.2. The quantitative estimate of drug-likeness (QED) is 0.291. The van der Waals surface area contributed by atoms with Crippen LogP contribution < -0.4 is 10.2 Å². The van der Waals surface area contributed by atoms with Gasteiger partial charge in [0.05, 0.1) is 28.8 Å². The fraction of sp³-hybridized carbons (Fsp3) is 0.200. The zero-order valence-corrected chi connectivity index (χ0v) is 19.5. The summed E-state index contributed by atoms with van der Waals surface area (Å²) in [5, 5.41) is 14.8. The Kier molecular flexibility index (Phi) is 6.10. The Hall–Kier alpha value is -3.95. The minimum atomic E-state index is -0.520. The molecule has 0 aliphatic carbocycles. The molecule has 3 aromatic carbocycles. The van der Waals surface area contributed by atoms with Crippen molar-refractivity contribution in [1.29, 1.82) is 0 Å². The molecule has 4 aromatic rings. The number of amides is 1. The van der Waals surface area contributed by atoms with Crippen LogP contribution in [-0.4, -0.2) is 42.1 Å². The number of nitrogens with zero attached hydrogens (tertiary/aromatic N) is 3. The molecule has 0 saturated carbocycles. The molecule has 0 unspecified atom stereocenters. The normalized spacial score (nSPS) is 13.7. The third-order valence-electron chi connectivity index (χ3n) is 5.79. The van der Waals surface area contributed by atoms with Crippen molar-refractivity contribution in [2.75, 3.05) is 36.5 Å². The molecule has 0 spiro atoms. The predicted molar refractivity (Wildman–Crippen MR) is 133 cm³/mol. The number of halogens is 1. The number of nitro groups is 1. The van der Waals surface area contributed by atoms with E-state index in [1.54, 1.807) is 30.3 Å². The molecule has 0 radical (unpaired) electrons. The van der Waals surface area contributed by atoms with Crippen LogP contribution in [0.25, 0.3) is 22.6 Å². The van der Waals surface area contributed by atoms with Crippen molar-refractivity contribution < 1.29 is 18.9 Å². The molecular formula is C25H21ClN4O5. The highest BCUT2D eigenvalue weighted by Gasteiger charge is 2.24. The number of fused-ring (bicyclic) bond motifs is 1. The Bertz CT molecular complexity index is 1450. The van der Waals surface area contributed by atoms with Crippen molar-refractivity contribution in [3.05, 3.63) is 80.9 Å². The Labute approximate surface area is 205 Å². The summed E-state index contributed by atoms with van der Waals surface area (Å²) in [6.07, 6.45) is 0. The maximum absolute atomic E-state index is 13.0. The van der Waals surface area contributed by atoms with Crippen molar-refractivity contribution in [2.24, 2.45) is 0 Å². The lowest BCUT2D eigenvalue weighted by Crippen LogP contribution is -2.36. The standard InChI is InChI=1S/C25H21ClN4O5/c1-15-2-6-19-23(12-15)35-25(28-19)17-3-5-18(26)20(13-17)27-24(31)16-4-7-21(22(14-16)30(32)33)29-8-10-34-11-9-29/h2-7,12-14H,8-11H2,1H3,(H,27,31). The van der Waals surface area contributed by atoms with Gasteiger partial charge in [0, 0.05) is 30.3 Å². The van der Waals surface area contributed by atoms with Crippen LogP contribution in [0.15, 0.2) is 59.0 Å². The second-order valence-corrected chi connectivity index (χ2v) is 8.61. The molecule has 9 nitrogen and oxygen atoms in total. The third kappa shape index (κ3) is 4.68. The van der Waals surface area contributed by atoms with Gasteiger partial charge < -0.3 is 19.4 Å².